The predicted octanol–water partition coefficient (Wildman–Crippen LogP) is 1.18. The number of nitro benzene ring substituents is 1. The number of hydrogen-bond acceptors (Lipinski definition) is 3. The molecule has 0 atom stereocenters. The van der Waals surface area contributed by atoms with Crippen molar-refractivity contribution in [1.82, 2.24) is 0 Å². The molecule has 0 bridgehead atoms. The zero-order valence-electron chi connectivity index (χ0n) is 6.07. The van der Waals surface area contributed by atoms with Crippen LogP contribution in [0.4, 0.5) is 11.4 Å². The summed E-state index contributed by atoms with van der Waals surface area (Å²) in [6.07, 6.45) is 0. The first-order chi connectivity index (χ1) is 5.25. The molecule has 0 aromatic heterocycles. The molecule has 0 heterocycles. The van der Waals surface area contributed by atoms with E-state index in [0.29, 0.717) is 0 Å². The van der Waals surface area contributed by atoms with E-state index in [1.807, 2.05) is 5.73 Å². The fourth-order valence-corrected chi connectivity index (χ4v) is 0.633. The third-order valence-corrected chi connectivity index (χ3v) is 1.10. The van der Waals surface area contributed by atoms with Crippen LogP contribution in [0.1, 0.15) is 0 Å². The van der Waals surface area contributed by atoms with E-state index >= 15 is 0 Å². The van der Waals surface area contributed by atoms with Crippen molar-refractivity contribution >= 4 is 11.4 Å². The van der Waals surface area contributed by atoms with Crippen LogP contribution in [0, 0.1) is 10.1 Å². The number of nitrogen functional groups attached to an aromatic ring is 1. The van der Waals surface area contributed by atoms with E-state index in [2.05, 4.69) is 0 Å². The molecule has 1 aromatic rings. The number of rotatable bonds is 2. The number of nitrogens with zero attached hydrogens (tertiary/aromatic N) is 1. The Labute approximate surface area is 58.9 Å². The fraction of sp³-hybridized carbons (Fsp3) is 0. The number of nitrogens with two attached hydrogens (primary N) is 1. The average molecular weight is 139 g/mol. The molecule has 0 saturated heterocycles. The number of anilines is 1. The lowest BCUT2D eigenvalue weighted by Gasteiger charge is -1.92. The van der Waals surface area contributed by atoms with Gasteiger partial charge in [0.2, 0.25) is 0 Å². The molecule has 0 fully saturated rings. The second-order valence-corrected chi connectivity index (χ2v) is 1.77. The Kier molecular flexibility index (Phi) is 1.23. The third-order valence-electron chi connectivity index (χ3n) is 1.10. The highest BCUT2D eigenvalue weighted by atomic mass is 16.6. The van der Waals surface area contributed by atoms with E-state index in [4.69, 9.17) is 1.41 Å². The molecule has 0 saturated carbocycles. The Morgan fingerprint density at radius 3 is 2.80 bits per heavy atom. The quantitative estimate of drug-likeness (QED) is 0.380. The summed E-state index contributed by atoms with van der Waals surface area (Å²) >= 11 is 0. The van der Waals surface area contributed by atoms with Crippen LogP contribution in [-0.4, -0.2) is 4.92 Å². The zero-order chi connectivity index (χ0) is 8.27. The van der Waals surface area contributed by atoms with Crippen LogP contribution in [0.15, 0.2) is 24.3 Å². The molecule has 0 aliphatic carbocycles. The second-order valence-electron chi connectivity index (χ2n) is 1.77. The molecule has 0 unspecified atom stereocenters. The molecular weight excluding hydrogens is 132 g/mol. The van der Waals surface area contributed by atoms with Gasteiger partial charge in [-0.05, 0) is 6.07 Å². The Morgan fingerprint density at radius 1 is 1.60 bits per heavy atom. The van der Waals surface area contributed by atoms with Crippen LogP contribution < -0.4 is 5.73 Å². The van der Waals surface area contributed by atoms with Gasteiger partial charge in [0.05, 0.1) is 4.92 Å². The van der Waals surface area contributed by atoms with E-state index < -0.39 is 4.92 Å². The Morgan fingerprint density at radius 2 is 2.30 bits per heavy atom. The summed E-state index contributed by atoms with van der Waals surface area (Å²) in [6.45, 7) is 0. The maximum Gasteiger partial charge on any atom is 0.292 e. The van der Waals surface area contributed by atoms with E-state index in [9.17, 15) is 10.1 Å². The Bertz CT molecular complexity index is 277. The summed E-state index contributed by atoms with van der Waals surface area (Å²) in [5, 5.41) is 10.3. The SMILES string of the molecule is [2H]Nc1ccccc1[N+](=O)[O-]. The summed E-state index contributed by atoms with van der Waals surface area (Å²) in [7, 11) is 0. The molecule has 0 aliphatic heterocycles. The van der Waals surface area contributed by atoms with Crippen molar-refractivity contribution in [2.24, 2.45) is 0 Å². The summed E-state index contributed by atoms with van der Waals surface area (Å²) < 4.78 is 6.72. The molecule has 1 rings (SSSR count). The van der Waals surface area contributed by atoms with Gasteiger partial charge in [-0.25, -0.2) is 0 Å². The van der Waals surface area contributed by atoms with Gasteiger partial charge in [0.1, 0.15) is 5.69 Å². The zero-order valence-corrected chi connectivity index (χ0v) is 5.07. The van der Waals surface area contributed by atoms with Crippen LogP contribution in [-0.2, 0) is 0 Å². The fourth-order valence-electron chi connectivity index (χ4n) is 0.633. The molecule has 52 valence electrons. The first-order valence-corrected chi connectivity index (χ1v) is 2.67. The minimum atomic E-state index is -0.531. The molecule has 0 spiro atoms. The van der Waals surface area contributed by atoms with Crippen LogP contribution >= 0.6 is 0 Å². The van der Waals surface area contributed by atoms with E-state index in [1.165, 1.54) is 12.1 Å². The van der Waals surface area contributed by atoms with Crippen LogP contribution in [0.25, 0.3) is 0 Å². The first kappa shape index (κ1) is 5.22. The van der Waals surface area contributed by atoms with Gasteiger partial charge in [-0.2, -0.15) is 0 Å². The standard InChI is InChI=1S/C6H6N2O2/c7-5-3-1-2-4-6(5)8(9)10/h1-4H,7H2/i/hD. The van der Waals surface area contributed by atoms with Crippen molar-refractivity contribution in [3.05, 3.63) is 34.4 Å². The van der Waals surface area contributed by atoms with Crippen molar-refractivity contribution in [2.45, 2.75) is 0 Å². The van der Waals surface area contributed by atoms with E-state index in [0.717, 1.165) is 0 Å². The predicted molar refractivity (Wildman–Crippen MR) is 37.5 cm³/mol. The van der Waals surface area contributed by atoms with Crippen molar-refractivity contribution in [1.29, 1.82) is 0 Å². The Hall–Kier alpha value is -1.58. The topological polar surface area (TPSA) is 69.2 Å². The van der Waals surface area contributed by atoms with Crippen LogP contribution in [0.3, 0.4) is 0 Å². The van der Waals surface area contributed by atoms with Crippen molar-refractivity contribution in [3.63, 3.8) is 0 Å². The van der Waals surface area contributed by atoms with Crippen LogP contribution in [0.2, 0.25) is 1.41 Å². The molecule has 0 radical (unpaired) electrons. The highest BCUT2D eigenvalue weighted by Gasteiger charge is 2.07. The van der Waals surface area contributed by atoms with Crippen molar-refractivity contribution < 1.29 is 6.34 Å². The maximum absolute atomic E-state index is 10.3. The second kappa shape index (κ2) is 2.34. The van der Waals surface area contributed by atoms with Gasteiger partial charge < -0.3 is 5.73 Å². The summed E-state index contributed by atoms with van der Waals surface area (Å²) in [6, 6.07) is 6.00. The molecule has 4 nitrogen and oxygen atoms in total. The van der Waals surface area contributed by atoms with Gasteiger partial charge in [-0.1, -0.05) is 12.1 Å². The molecule has 2 N–H and O–H groups in total. The lowest BCUT2D eigenvalue weighted by atomic mass is 10.3. The number of nitro groups is 1. The van der Waals surface area contributed by atoms with E-state index in [-0.39, 0.29) is 11.4 Å². The number of benzene rings is 1. The number of para-hydroxylation sites is 2. The minimum Gasteiger partial charge on any atom is -0.393 e. The van der Waals surface area contributed by atoms with Gasteiger partial charge in [0.15, 0.2) is 1.41 Å². The largest absolute Gasteiger partial charge is 0.393 e. The highest BCUT2D eigenvalue weighted by molar-refractivity contribution is 5.57. The summed E-state index contributed by atoms with van der Waals surface area (Å²) in [5.41, 5.74) is 2.11. The van der Waals surface area contributed by atoms with Gasteiger partial charge in [0, 0.05) is 6.07 Å². The first-order valence-electron chi connectivity index (χ1n) is 3.17. The number of hydrogen-bond donors (Lipinski definition) is 1. The van der Waals surface area contributed by atoms with Crippen molar-refractivity contribution in [3.8, 4) is 0 Å². The van der Waals surface area contributed by atoms with E-state index in [1.54, 1.807) is 12.1 Å². The Balaban J connectivity index is 3.12. The molecular formula is C6H6N2O2. The average Bonchev–Trinajstić information content (AvgIpc) is 2.04. The lowest BCUT2D eigenvalue weighted by molar-refractivity contribution is -0.383. The normalized spacial score (nSPS) is 10.2. The smallest absolute Gasteiger partial charge is 0.292 e. The molecule has 0 amide bonds. The molecule has 4 heteroatoms. The molecule has 0 aliphatic rings. The molecule has 10 heavy (non-hydrogen) atoms. The lowest BCUT2D eigenvalue weighted by Crippen LogP contribution is -1.93. The molecule has 1 aromatic carbocycles. The highest BCUT2D eigenvalue weighted by Crippen LogP contribution is 2.18. The van der Waals surface area contributed by atoms with Gasteiger partial charge >= 0.3 is 0 Å². The minimum absolute atomic E-state index is 0.0810. The summed E-state index contributed by atoms with van der Waals surface area (Å²) in [4.78, 5) is 9.73. The van der Waals surface area contributed by atoms with Gasteiger partial charge in [-0.3, -0.25) is 10.1 Å². The van der Waals surface area contributed by atoms with Gasteiger partial charge in [0.25, 0.3) is 5.69 Å². The monoisotopic (exact) mass is 139 g/mol. The third kappa shape index (κ3) is 1.05. The summed E-state index contributed by atoms with van der Waals surface area (Å²) in [5.74, 6) is 0. The maximum atomic E-state index is 10.3. The van der Waals surface area contributed by atoms with Crippen molar-refractivity contribution in [2.75, 3.05) is 5.73 Å². The van der Waals surface area contributed by atoms with Crippen LogP contribution in [0.5, 0.6) is 0 Å². The van der Waals surface area contributed by atoms with Gasteiger partial charge in [-0.15, -0.1) is 0 Å².